The standard InChI is InChI=1S/C19H17ClN4O4/c1-10-17-14(8-16(11-3-4-11)21-18(17)28-22-10)19(25)23(2)9-12-7-13(24(26)27)5-6-15(12)20/h5-8,11H,3-4,9H2,1-2H3. The van der Waals surface area contributed by atoms with Crippen molar-refractivity contribution in [3.8, 4) is 0 Å². The molecule has 2 heterocycles. The molecule has 1 saturated carbocycles. The second-order valence-electron chi connectivity index (χ2n) is 7.01. The van der Waals surface area contributed by atoms with Crippen molar-refractivity contribution in [1.29, 1.82) is 0 Å². The first-order valence-electron chi connectivity index (χ1n) is 8.80. The van der Waals surface area contributed by atoms with Gasteiger partial charge in [0, 0.05) is 42.4 Å². The van der Waals surface area contributed by atoms with Gasteiger partial charge in [0.15, 0.2) is 0 Å². The fourth-order valence-electron chi connectivity index (χ4n) is 3.20. The summed E-state index contributed by atoms with van der Waals surface area (Å²) in [5.41, 5.74) is 2.67. The molecule has 4 rings (SSSR count). The van der Waals surface area contributed by atoms with Crippen molar-refractivity contribution in [3.63, 3.8) is 0 Å². The second kappa shape index (κ2) is 6.87. The molecule has 0 N–H and O–H groups in total. The monoisotopic (exact) mass is 400 g/mol. The van der Waals surface area contributed by atoms with Crippen molar-refractivity contribution in [3.05, 3.63) is 61.9 Å². The Morgan fingerprint density at radius 3 is 2.82 bits per heavy atom. The largest absolute Gasteiger partial charge is 0.337 e. The SMILES string of the molecule is Cc1noc2nc(C3CC3)cc(C(=O)N(C)Cc3cc([N+](=O)[O-])ccc3Cl)c12. The number of hydrogen-bond acceptors (Lipinski definition) is 6. The lowest BCUT2D eigenvalue weighted by Gasteiger charge is -2.19. The van der Waals surface area contributed by atoms with Crippen molar-refractivity contribution in [2.45, 2.75) is 32.2 Å². The molecule has 0 spiro atoms. The maximum absolute atomic E-state index is 13.2. The van der Waals surface area contributed by atoms with Gasteiger partial charge in [-0.3, -0.25) is 14.9 Å². The number of benzene rings is 1. The Balaban J connectivity index is 1.69. The first-order valence-corrected chi connectivity index (χ1v) is 9.18. The number of aromatic nitrogens is 2. The number of fused-ring (bicyclic) bond motifs is 1. The van der Waals surface area contributed by atoms with E-state index in [9.17, 15) is 14.9 Å². The van der Waals surface area contributed by atoms with Gasteiger partial charge >= 0.3 is 0 Å². The van der Waals surface area contributed by atoms with Crippen molar-refractivity contribution >= 4 is 34.3 Å². The number of carbonyl (C=O) groups is 1. The minimum atomic E-state index is -0.490. The lowest BCUT2D eigenvalue weighted by molar-refractivity contribution is -0.384. The molecule has 8 nitrogen and oxygen atoms in total. The predicted molar refractivity (Wildman–Crippen MR) is 102 cm³/mol. The van der Waals surface area contributed by atoms with Crippen LogP contribution in [0.25, 0.3) is 11.1 Å². The highest BCUT2D eigenvalue weighted by atomic mass is 35.5. The topological polar surface area (TPSA) is 102 Å². The van der Waals surface area contributed by atoms with Gasteiger partial charge in [-0.05, 0) is 37.5 Å². The minimum Gasteiger partial charge on any atom is -0.337 e. The zero-order valence-electron chi connectivity index (χ0n) is 15.3. The van der Waals surface area contributed by atoms with Gasteiger partial charge in [0.25, 0.3) is 17.3 Å². The van der Waals surface area contributed by atoms with Crippen molar-refractivity contribution < 1.29 is 14.2 Å². The summed E-state index contributed by atoms with van der Waals surface area (Å²) in [4.78, 5) is 29.7. The molecule has 1 fully saturated rings. The van der Waals surface area contributed by atoms with Crippen LogP contribution in [0.4, 0.5) is 5.69 Å². The second-order valence-corrected chi connectivity index (χ2v) is 7.42. The molecule has 144 valence electrons. The molecular formula is C19H17ClN4O4. The number of rotatable bonds is 5. The summed E-state index contributed by atoms with van der Waals surface area (Å²) in [6, 6.07) is 5.99. The third-order valence-corrected chi connectivity index (χ3v) is 5.23. The number of hydrogen-bond donors (Lipinski definition) is 0. The molecule has 0 bridgehead atoms. The van der Waals surface area contributed by atoms with Crippen LogP contribution in [-0.2, 0) is 6.54 Å². The van der Waals surface area contributed by atoms with Crippen LogP contribution in [0.1, 0.15) is 46.1 Å². The quantitative estimate of drug-likeness (QED) is 0.468. The Bertz CT molecular complexity index is 1110. The van der Waals surface area contributed by atoms with Crippen molar-refractivity contribution in [1.82, 2.24) is 15.0 Å². The van der Waals surface area contributed by atoms with Crippen LogP contribution in [-0.4, -0.2) is 32.9 Å². The van der Waals surface area contributed by atoms with Crippen LogP contribution in [0.15, 0.2) is 28.8 Å². The zero-order chi connectivity index (χ0) is 20.0. The number of nitro groups is 1. The van der Waals surface area contributed by atoms with Gasteiger partial charge in [-0.25, -0.2) is 4.98 Å². The predicted octanol–water partition coefficient (Wildman–Crippen LogP) is 4.24. The highest BCUT2D eigenvalue weighted by molar-refractivity contribution is 6.31. The molecule has 0 aliphatic heterocycles. The maximum atomic E-state index is 13.2. The van der Waals surface area contributed by atoms with E-state index in [1.807, 2.05) is 0 Å². The Kier molecular flexibility index (Phi) is 4.50. The van der Waals surface area contributed by atoms with Crippen molar-refractivity contribution in [2.75, 3.05) is 7.05 Å². The smallest absolute Gasteiger partial charge is 0.269 e. The van der Waals surface area contributed by atoms with Gasteiger partial charge in [0.1, 0.15) is 0 Å². The van der Waals surface area contributed by atoms with Crippen LogP contribution < -0.4 is 0 Å². The van der Waals surface area contributed by atoms with Gasteiger partial charge in [-0.15, -0.1) is 0 Å². The molecule has 1 aliphatic rings. The van der Waals surface area contributed by atoms with Crippen LogP contribution in [0.5, 0.6) is 0 Å². The van der Waals surface area contributed by atoms with E-state index in [1.165, 1.54) is 23.1 Å². The third-order valence-electron chi connectivity index (χ3n) is 4.86. The summed E-state index contributed by atoms with van der Waals surface area (Å²) >= 11 is 6.18. The molecule has 1 aromatic carbocycles. The molecule has 1 aliphatic carbocycles. The molecule has 3 aromatic rings. The average Bonchev–Trinajstić information content (AvgIpc) is 3.45. The average molecular weight is 401 g/mol. The van der Waals surface area contributed by atoms with E-state index >= 15 is 0 Å². The molecule has 9 heteroatoms. The number of non-ortho nitro benzene ring substituents is 1. The molecule has 0 unspecified atom stereocenters. The third kappa shape index (κ3) is 3.31. The maximum Gasteiger partial charge on any atom is 0.269 e. The first-order chi connectivity index (χ1) is 13.3. The Morgan fingerprint density at radius 1 is 1.39 bits per heavy atom. The normalized spacial score (nSPS) is 13.7. The fraction of sp³-hybridized carbons (Fsp3) is 0.316. The van der Waals surface area contributed by atoms with Crippen molar-refractivity contribution in [2.24, 2.45) is 0 Å². The molecule has 0 radical (unpaired) electrons. The van der Waals surface area contributed by atoms with E-state index in [1.54, 1.807) is 20.0 Å². The first kappa shape index (κ1) is 18.4. The summed E-state index contributed by atoms with van der Waals surface area (Å²) in [6.07, 6.45) is 2.08. The number of pyridine rings is 1. The van der Waals surface area contributed by atoms with E-state index in [-0.39, 0.29) is 18.1 Å². The minimum absolute atomic E-state index is 0.0718. The van der Waals surface area contributed by atoms with Gasteiger partial charge in [-0.2, -0.15) is 0 Å². The number of carbonyl (C=O) groups excluding carboxylic acids is 1. The molecule has 1 amide bonds. The summed E-state index contributed by atoms with van der Waals surface area (Å²) < 4.78 is 5.29. The summed E-state index contributed by atoms with van der Waals surface area (Å²) in [6.45, 7) is 1.89. The number of amides is 1. The van der Waals surface area contributed by atoms with E-state index in [4.69, 9.17) is 16.1 Å². The Labute approximate surface area is 165 Å². The zero-order valence-corrected chi connectivity index (χ0v) is 16.1. The van der Waals surface area contributed by atoms with E-state index in [2.05, 4.69) is 10.1 Å². The molecule has 28 heavy (non-hydrogen) atoms. The van der Waals surface area contributed by atoms with E-state index in [0.29, 0.717) is 38.9 Å². The van der Waals surface area contributed by atoms with Gasteiger partial charge < -0.3 is 9.42 Å². The number of nitrogens with zero attached hydrogens (tertiary/aromatic N) is 4. The lowest BCUT2D eigenvalue weighted by Crippen LogP contribution is -2.27. The van der Waals surface area contributed by atoms with Gasteiger partial charge in [0.2, 0.25) is 0 Å². The number of nitro benzene ring substituents is 1. The summed E-state index contributed by atoms with van der Waals surface area (Å²) in [5.74, 6) is 0.0982. The highest BCUT2D eigenvalue weighted by Crippen LogP contribution is 2.40. The fourth-order valence-corrected chi connectivity index (χ4v) is 3.38. The van der Waals surface area contributed by atoms with E-state index < -0.39 is 4.92 Å². The van der Waals surface area contributed by atoms with Gasteiger partial charge in [-0.1, -0.05) is 16.8 Å². The molecular weight excluding hydrogens is 384 g/mol. The van der Waals surface area contributed by atoms with Crippen LogP contribution in [0.2, 0.25) is 5.02 Å². The van der Waals surface area contributed by atoms with Crippen LogP contribution in [0.3, 0.4) is 0 Å². The van der Waals surface area contributed by atoms with Crippen LogP contribution in [0, 0.1) is 17.0 Å². The number of halogens is 1. The Morgan fingerprint density at radius 2 is 2.14 bits per heavy atom. The molecule has 0 atom stereocenters. The molecule has 0 saturated heterocycles. The van der Waals surface area contributed by atoms with Crippen LogP contribution >= 0.6 is 11.6 Å². The number of aryl methyl sites for hydroxylation is 1. The highest BCUT2D eigenvalue weighted by Gasteiger charge is 2.29. The Hall–Kier alpha value is -3.00. The van der Waals surface area contributed by atoms with E-state index in [0.717, 1.165) is 18.5 Å². The summed E-state index contributed by atoms with van der Waals surface area (Å²) in [7, 11) is 1.63. The summed E-state index contributed by atoms with van der Waals surface area (Å²) in [5, 5.41) is 15.9. The van der Waals surface area contributed by atoms with Gasteiger partial charge in [0.05, 0.1) is 21.6 Å². The lowest BCUT2D eigenvalue weighted by atomic mass is 10.1. The molecule has 2 aromatic heterocycles.